The quantitative estimate of drug-likeness (QED) is 0.221. The molecule has 1 saturated carbocycles. The summed E-state index contributed by atoms with van der Waals surface area (Å²) in [6, 6.07) is 9.93. The average Bonchev–Trinajstić information content (AvgIpc) is 3.27. The van der Waals surface area contributed by atoms with E-state index in [1.807, 2.05) is 30.3 Å². The highest BCUT2D eigenvalue weighted by Crippen LogP contribution is 2.33. The zero-order valence-electron chi connectivity index (χ0n) is 11.3. The van der Waals surface area contributed by atoms with Crippen LogP contribution < -0.4 is 11.1 Å². The highest BCUT2D eigenvalue weighted by atomic mass is 16.4. The second-order valence-electron chi connectivity index (χ2n) is 5.28. The lowest BCUT2D eigenvalue weighted by atomic mass is 9.98. The highest BCUT2D eigenvalue weighted by molar-refractivity contribution is 5.87. The van der Waals surface area contributed by atoms with E-state index in [2.05, 4.69) is 10.5 Å². The molecule has 4 nitrogen and oxygen atoms in total. The van der Waals surface area contributed by atoms with Gasteiger partial charge in [-0.05, 0) is 30.9 Å². The first-order chi connectivity index (χ1) is 9.31. The molecule has 104 valence electrons. The second-order valence-corrected chi connectivity index (χ2v) is 5.28. The van der Waals surface area contributed by atoms with Crippen LogP contribution in [0.3, 0.4) is 0 Å². The van der Waals surface area contributed by atoms with Crippen molar-refractivity contribution in [1.29, 1.82) is 0 Å². The van der Waals surface area contributed by atoms with Crippen LogP contribution in [-0.4, -0.2) is 24.1 Å². The van der Waals surface area contributed by atoms with Gasteiger partial charge in [-0.3, -0.25) is 0 Å². The Labute approximate surface area is 114 Å². The van der Waals surface area contributed by atoms with Crippen molar-refractivity contribution in [3.63, 3.8) is 0 Å². The minimum Gasteiger partial charge on any atom is -0.409 e. The van der Waals surface area contributed by atoms with E-state index >= 15 is 0 Å². The van der Waals surface area contributed by atoms with Gasteiger partial charge in [0.05, 0.1) is 5.92 Å². The number of nitrogens with one attached hydrogen (secondary N) is 1. The van der Waals surface area contributed by atoms with Crippen LogP contribution >= 0.6 is 0 Å². The van der Waals surface area contributed by atoms with E-state index in [1.54, 1.807) is 0 Å². The van der Waals surface area contributed by atoms with Gasteiger partial charge in [0.1, 0.15) is 5.84 Å². The predicted octanol–water partition coefficient (Wildman–Crippen LogP) is 2.30. The van der Waals surface area contributed by atoms with E-state index in [0.29, 0.717) is 6.54 Å². The van der Waals surface area contributed by atoms with Crippen LogP contribution in [0.15, 0.2) is 35.5 Å². The molecule has 4 N–H and O–H groups in total. The molecule has 0 saturated heterocycles. The maximum atomic E-state index is 8.89. The maximum absolute atomic E-state index is 8.89. The number of benzene rings is 1. The van der Waals surface area contributed by atoms with Gasteiger partial charge in [-0.15, -0.1) is 0 Å². The molecular weight excluding hydrogens is 238 g/mol. The highest BCUT2D eigenvalue weighted by Gasteiger charge is 2.20. The van der Waals surface area contributed by atoms with E-state index in [9.17, 15) is 0 Å². The molecule has 1 aromatic carbocycles. The lowest BCUT2D eigenvalue weighted by molar-refractivity contribution is 0.315. The summed E-state index contributed by atoms with van der Waals surface area (Å²) in [5.41, 5.74) is 6.86. The molecule has 0 aromatic heterocycles. The Hall–Kier alpha value is -1.55. The van der Waals surface area contributed by atoms with Crippen molar-refractivity contribution in [3.05, 3.63) is 35.9 Å². The van der Waals surface area contributed by atoms with Crippen LogP contribution in [0.1, 0.15) is 37.2 Å². The molecule has 1 aliphatic rings. The van der Waals surface area contributed by atoms with E-state index < -0.39 is 0 Å². The molecule has 4 heteroatoms. The smallest absolute Gasteiger partial charge is 0.147 e. The topological polar surface area (TPSA) is 70.6 Å². The molecule has 0 spiro atoms. The Morgan fingerprint density at radius 2 is 2.11 bits per heavy atom. The summed E-state index contributed by atoms with van der Waals surface area (Å²) in [6.45, 7) is 1.71. The molecule has 1 fully saturated rings. The van der Waals surface area contributed by atoms with Crippen LogP contribution in [0.2, 0.25) is 0 Å². The molecule has 0 bridgehead atoms. The Kier molecular flexibility index (Phi) is 5.21. The second kappa shape index (κ2) is 7.14. The molecule has 1 unspecified atom stereocenters. The Morgan fingerprint density at radius 1 is 1.37 bits per heavy atom. The van der Waals surface area contributed by atoms with Gasteiger partial charge in [0, 0.05) is 6.54 Å². The van der Waals surface area contributed by atoms with Gasteiger partial charge in [-0.1, -0.05) is 48.3 Å². The van der Waals surface area contributed by atoms with Gasteiger partial charge in [0.2, 0.25) is 0 Å². The predicted molar refractivity (Wildman–Crippen MR) is 77.4 cm³/mol. The third-order valence-corrected chi connectivity index (χ3v) is 3.69. The van der Waals surface area contributed by atoms with Gasteiger partial charge < -0.3 is 16.3 Å². The number of nitrogens with two attached hydrogens (primary N) is 1. The molecule has 19 heavy (non-hydrogen) atoms. The van der Waals surface area contributed by atoms with Gasteiger partial charge >= 0.3 is 0 Å². The van der Waals surface area contributed by atoms with Gasteiger partial charge in [0.15, 0.2) is 0 Å². The normalized spacial score (nSPS) is 17.4. The van der Waals surface area contributed by atoms with Gasteiger partial charge in [-0.25, -0.2) is 0 Å². The van der Waals surface area contributed by atoms with Gasteiger partial charge in [0.25, 0.3) is 0 Å². The number of hydrogen-bond acceptors (Lipinski definition) is 3. The fourth-order valence-corrected chi connectivity index (χ4v) is 2.32. The van der Waals surface area contributed by atoms with Crippen LogP contribution in [0.4, 0.5) is 0 Å². The number of rotatable bonds is 8. The third kappa shape index (κ3) is 4.56. The lowest BCUT2D eigenvalue weighted by Gasteiger charge is -2.16. The first-order valence-electron chi connectivity index (χ1n) is 7.04. The molecule has 1 aliphatic carbocycles. The van der Waals surface area contributed by atoms with Crippen LogP contribution in [0, 0.1) is 5.92 Å². The lowest BCUT2D eigenvalue weighted by Crippen LogP contribution is -2.32. The summed E-state index contributed by atoms with van der Waals surface area (Å²) in [4.78, 5) is 0. The zero-order valence-corrected chi connectivity index (χ0v) is 11.3. The van der Waals surface area contributed by atoms with Crippen molar-refractivity contribution in [2.45, 2.75) is 31.6 Å². The maximum Gasteiger partial charge on any atom is 0.147 e. The van der Waals surface area contributed by atoms with Crippen molar-refractivity contribution in [2.24, 2.45) is 16.8 Å². The zero-order chi connectivity index (χ0) is 13.5. The molecular formula is C15H23N3O. The van der Waals surface area contributed by atoms with Crippen LogP contribution in [-0.2, 0) is 0 Å². The van der Waals surface area contributed by atoms with Crippen molar-refractivity contribution < 1.29 is 5.21 Å². The molecule has 1 aromatic rings. The van der Waals surface area contributed by atoms with E-state index in [4.69, 9.17) is 10.9 Å². The summed E-state index contributed by atoms with van der Waals surface area (Å²) in [5, 5.41) is 15.5. The number of amidine groups is 1. The van der Waals surface area contributed by atoms with Crippen LogP contribution in [0.25, 0.3) is 0 Å². The van der Waals surface area contributed by atoms with Crippen molar-refractivity contribution in [3.8, 4) is 0 Å². The van der Waals surface area contributed by atoms with Crippen molar-refractivity contribution in [1.82, 2.24) is 5.32 Å². The Morgan fingerprint density at radius 3 is 2.74 bits per heavy atom. The monoisotopic (exact) mass is 261 g/mol. The standard InChI is InChI=1S/C15H23N3O/c16-15(18-19)14(13-6-2-1-3-7-13)11-17-10-4-5-12-8-9-12/h1-3,6-7,12,14,17,19H,4-5,8-11H2,(H2,16,18). The van der Waals surface area contributed by atoms with Crippen LogP contribution in [0.5, 0.6) is 0 Å². The summed E-state index contributed by atoms with van der Waals surface area (Å²) in [7, 11) is 0. The van der Waals surface area contributed by atoms with E-state index in [0.717, 1.165) is 18.0 Å². The Balaban J connectivity index is 1.80. The van der Waals surface area contributed by atoms with E-state index in [-0.39, 0.29) is 11.8 Å². The van der Waals surface area contributed by atoms with E-state index in [1.165, 1.54) is 25.7 Å². The molecule has 2 rings (SSSR count). The molecule has 0 heterocycles. The molecule has 0 amide bonds. The first kappa shape index (κ1) is 13.9. The summed E-state index contributed by atoms with van der Waals surface area (Å²) in [6.07, 6.45) is 5.36. The molecule has 1 atom stereocenters. The Bertz CT molecular complexity index is 401. The van der Waals surface area contributed by atoms with Gasteiger partial charge in [-0.2, -0.15) is 0 Å². The molecule has 0 aliphatic heterocycles. The molecule has 0 radical (unpaired) electrons. The first-order valence-corrected chi connectivity index (χ1v) is 7.04. The number of oxime groups is 1. The summed E-state index contributed by atoms with van der Waals surface area (Å²) >= 11 is 0. The summed E-state index contributed by atoms with van der Waals surface area (Å²) < 4.78 is 0. The fraction of sp³-hybridized carbons (Fsp3) is 0.533. The SMILES string of the molecule is N/C(=N/O)C(CNCCCC1CC1)c1ccccc1. The minimum absolute atomic E-state index is 0.0628. The summed E-state index contributed by atoms with van der Waals surface area (Å²) in [5.74, 6) is 1.18. The van der Waals surface area contributed by atoms with Crippen molar-refractivity contribution >= 4 is 5.84 Å². The fourth-order valence-electron chi connectivity index (χ4n) is 2.32. The largest absolute Gasteiger partial charge is 0.409 e. The number of hydrogen-bond donors (Lipinski definition) is 3. The van der Waals surface area contributed by atoms with Crippen molar-refractivity contribution in [2.75, 3.05) is 13.1 Å². The minimum atomic E-state index is -0.0628. The number of nitrogens with zero attached hydrogens (tertiary/aromatic N) is 1. The third-order valence-electron chi connectivity index (χ3n) is 3.69. The average molecular weight is 261 g/mol.